The van der Waals surface area contributed by atoms with Crippen molar-refractivity contribution in [1.82, 2.24) is 20.0 Å². The molecule has 50 heavy (non-hydrogen) atoms. The Kier molecular flexibility index (Phi) is 19.3. The number of ether oxygens (including phenoxy) is 3. The summed E-state index contributed by atoms with van der Waals surface area (Å²) < 4.78 is 16.1. The van der Waals surface area contributed by atoms with Crippen LogP contribution in [-0.4, -0.2) is 103 Å². The number of nitrogens with one attached hydrogen (secondary N) is 1. The van der Waals surface area contributed by atoms with Crippen molar-refractivity contribution in [1.29, 1.82) is 0 Å². The van der Waals surface area contributed by atoms with Gasteiger partial charge in [-0.25, -0.2) is 9.59 Å². The second-order valence-electron chi connectivity index (χ2n) is 12.1. The molecule has 0 atom stereocenters. The summed E-state index contributed by atoms with van der Waals surface area (Å²) in [7, 11) is 5.47. The van der Waals surface area contributed by atoms with Crippen molar-refractivity contribution in [3.8, 4) is 11.5 Å². The van der Waals surface area contributed by atoms with E-state index in [0.717, 1.165) is 44.3 Å². The van der Waals surface area contributed by atoms with Gasteiger partial charge in [0.05, 0.1) is 4.92 Å². The van der Waals surface area contributed by atoms with Crippen LogP contribution in [-0.2, 0) is 27.5 Å². The number of hydrogen-bond acceptors (Lipinski definition) is 11. The van der Waals surface area contributed by atoms with E-state index in [1.54, 1.807) is 41.9 Å². The van der Waals surface area contributed by atoms with E-state index in [0.29, 0.717) is 43.7 Å². The number of hydrogen-bond donors (Lipinski definition) is 1. The zero-order valence-corrected chi connectivity index (χ0v) is 30.6. The first-order valence-corrected chi connectivity index (χ1v) is 18.1. The maximum absolute atomic E-state index is 12.9. The molecule has 2 aromatic carbocycles. The number of thioether (sulfide) groups is 1. The summed E-state index contributed by atoms with van der Waals surface area (Å²) >= 11 is 1.66. The summed E-state index contributed by atoms with van der Waals surface area (Å²) in [6.07, 6.45) is 6.73. The molecule has 0 bridgehead atoms. The molecular weight excluding hydrogens is 666 g/mol. The van der Waals surface area contributed by atoms with E-state index in [1.807, 2.05) is 25.3 Å². The van der Waals surface area contributed by atoms with Gasteiger partial charge in [-0.2, -0.15) is 11.8 Å². The molecular formula is C35H51N5O9S. The minimum atomic E-state index is -1.00. The first-order chi connectivity index (χ1) is 23.9. The van der Waals surface area contributed by atoms with Gasteiger partial charge in [0.15, 0.2) is 0 Å². The summed E-state index contributed by atoms with van der Waals surface area (Å²) in [6, 6.07) is 10.00. The molecule has 0 aromatic heterocycles. The fourth-order valence-electron chi connectivity index (χ4n) is 4.66. The summed E-state index contributed by atoms with van der Waals surface area (Å²) in [6.45, 7) is 3.81. The molecule has 3 amide bonds. The molecule has 0 fully saturated rings. The normalized spacial score (nSPS) is 10.8. The zero-order valence-electron chi connectivity index (χ0n) is 29.8. The largest absolute Gasteiger partial charge is 0.514 e. The lowest BCUT2D eigenvalue weighted by atomic mass is 10.1. The number of unbranched alkanes of at least 4 members (excludes halogenated alkanes) is 5. The third-order valence-electron chi connectivity index (χ3n) is 7.64. The minimum absolute atomic E-state index is 0.0876. The first kappa shape index (κ1) is 41.8. The fourth-order valence-corrected chi connectivity index (χ4v) is 5.05. The summed E-state index contributed by atoms with van der Waals surface area (Å²) in [4.78, 5) is 65.0. The molecule has 0 aliphatic heterocycles. The number of amides is 3. The maximum Gasteiger partial charge on any atom is 0.514 e. The number of likely N-dealkylation sites (N-methyl/N-ethyl adjacent to an activating group) is 2. The highest BCUT2D eigenvalue weighted by atomic mass is 32.2. The predicted molar refractivity (Wildman–Crippen MR) is 192 cm³/mol. The Morgan fingerprint density at radius 3 is 2.20 bits per heavy atom. The number of nitro benzene ring substituents is 1. The van der Waals surface area contributed by atoms with Gasteiger partial charge in [0.1, 0.15) is 18.1 Å². The van der Waals surface area contributed by atoms with Gasteiger partial charge in [0.25, 0.3) is 5.69 Å². The van der Waals surface area contributed by atoms with Crippen LogP contribution >= 0.6 is 11.8 Å². The second kappa shape index (κ2) is 23.1. The first-order valence-electron chi connectivity index (χ1n) is 16.7. The molecule has 14 nitrogen and oxygen atoms in total. The van der Waals surface area contributed by atoms with Crippen LogP contribution < -0.4 is 14.8 Å². The van der Waals surface area contributed by atoms with Gasteiger partial charge in [-0.3, -0.25) is 19.7 Å². The number of non-ortho nitro benzene ring substituents is 1. The highest BCUT2D eigenvalue weighted by Gasteiger charge is 2.19. The highest BCUT2D eigenvalue weighted by Crippen LogP contribution is 2.25. The standard InChI is InChI=1S/C35H51N5O9S/c1-27(41)39(20-11-9-7-6-8-10-19-36-33(42)18-23-50-5)25-29-24-28(12-17-32(29)49-34(43)38(4)22-21-37(2)3)26-47-35(44)48-31-15-13-30(14-16-31)40(45)46/h12-17,24H,6-11,18-23,25-26H2,1-5H3,(H,36,42). The van der Waals surface area contributed by atoms with Gasteiger partial charge in [0.2, 0.25) is 11.8 Å². The highest BCUT2D eigenvalue weighted by molar-refractivity contribution is 7.98. The van der Waals surface area contributed by atoms with Gasteiger partial charge in [-0.05, 0) is 63.0 Å². The SMILES string of the molecule is CSCCC(=O)NCCCCCCCCN(Cc1cc(COC(=O)Oc2ccc([N+](=O)[O-])cc2)ccc1OC(=O)N(C)CCN(C)C)C(C)=O. The van der Waals surface area contributed by atoms with Crippen molar-refractivity contribution < 1.29 is 38.3 Å². The van der Waals surface area contributed by atoms with Crippen LogP contribution in [0, 0.1) is 10.1 Å². The topological polar surface area (TPSA) is 161 Å². The van der Waals surface area contributed by atoms with Crippen LogP contribution in [0.5, 0.6) is 11.5 Å². The molecule has 0 spiro atoms. The quantitative estimate of drug-likeness (QED) is 0.0511. The van der Waals surface area contributed by atoms with Gasteiger partial charge in [-0.1, -0.05) is 31.7 Å². The number of nitro groups is 1. The van der Waals surface area contributed by atoms with Crippen molar-refractivity contribution in [2.24, 2.45) is 0 Å². The Morgan fingerprint density at radius 2 is 1.56 bits per heavy atom. The Labute approximate surface area is 298 Å². The molecule has 1 N–H and O–H groups in total. The average molecular weight is 718 g/mol. The number of rotatable bonds is 22. The third-order valence-corrected chi connectivity index (χ3v) is 8.25. The van der Waals surface area contributed by atoms with Gasteiger partial charge < -0.3 is 34.2 Å². The van der Waals surface area contributed by atoms with E-state index in [4.69, 9.17) is 14.2 Å². The van der Waals surface area contributed by atoms with Crippen LogP contribution in [0.3, 0.4) is 0 Å². The Balaban J connectivity index is 2.00. The van der Waals surface area contributed by atoms with Crippen molar-refractivity contribution in [3.63, 3.8) is 0 Å². The van der Waals surface area contributed by atoms with Gasteiger partial charge >= 0.3 is 12.2 Å². The number of nitrogens with zero attached hydrogens (tertiary/aromatic N) is 4. The van der Waals surface area contributed by atoms with Crippen molar-refractivity contribution in [2.75, 3.05) is 59.3 Å². The van der Waals surface area contributed by atoms with Crippen LogP contribution in [0.4, 0.5) is 15.3 Å². The van der Waals surface area contributed by atoms with E-state index in [-0.39, 0.29) is 42.2 Å². The summed E-state index contributed by atoms with van der Waals surface area (Å²) in [5, 5.41) is 13.8. The Morgan fingerprint density at radius 1 is 0.880 bits per heavy atom. The van der Waals surface area contributed by atoms with E-state index in [1.165, 1.54) is 36.1 Å². The van der Waals surface area contributed by atoms with Crippen molar-refractivity contribution in [2.45, 2.75) is 65.0 Å². The lowest BCUT2D eigenvalue weighted by Gasteiger charge is -2.24. The average Bonchev–Trinajstić information content (AvgIpc) is 3.08. The molecule has 0 saturated carbocycles. The third kappa shape index (κ3) is 16.8. The molecule has 0 aliphatic rings. The number of carbonyl (C=O) groups is 4. The Bertz CT molecular complexity index is 1390. The summed E-state index contributed by atoms with van der Waals surface area (Å²) in [5.41, 5.74) is 1.00. The van der Waals surface area contributed by atoms with Crippen LogP contribution in [0.25, 0.3) is 0 Å². The minimum Gasteiger partial charge on any atom is -0.429 e. The monoisotopic (exact) mass is 717 g/mol. The molecule has 2 rings (SSSR count). The fraction of sp³-hybridized carbons (Fsp3) is 0.543. The maximum atomic E-state index is 12.9. The molecule has 276 valence electrons. The van der Waals surface area contributed by atoms with E-state index < -0.39 is 17.2 Å². The van der Waals surface area contributed by atoms with Crippen LogP contribution in [0.2, 0.25) is 0 Å². The van der Waals surface area contributed by atoms with E-state index >= 15 is 0 Å². The van der Waals surface area contributed by atoms with Crippen LogP contribution in [0.15, 0.2) is 42.5 Å². The molecule has 0 radical (unpaired) electrons. The lowest BCUT2D eigenvalue weighted by molar-refractivity contribution is -0.384. The molecule has 15 heteroatoms. The summed E-state index contributed by atoms with van der Waals surface area (Å²) in [5.74, 6) is 1.17. The molecule has 0 heterocycles. The Hall–Kier alpha value is -4.37. The van der Waals surface area contributed by atoms with Gasteiger partial charge in [0, 0.05) is 76.6 Å². The predicted octanol–water partition coefficient (Wildman–Crippen LogP) is 5.86. The van der Waals surface area contributed by atoms with Crippen molar-refractivity contribution >= 4 is 41.5 Å². The molecule has 0 saturated heterocycles. The second-order valence-corrected chi connectivity index (χ2v) is 13.1. The van der Waals surface area contributed by atoms with Gasteiger partial charge in [-0.15, -0.1) is 0 Å². The number of benzene rings is 2. The van der Waals surface area contributed by atoms with Crippen LogP contribution in [0.1, 0.15) is 63.0 Å². The molecule has 0 unspecified atom stereocenters. The zero-order chi connectivity index (χ0) is 36.9. The smallest absolute Gasteiger partial charge is 0.429 e. The molecule has 2 aromatic rings. The lowest BCUT2D eigenvalue weighted by Crippen LogP contribution is -2.35. The number of carbonyl (C=O) groups excluding carboxylic acids is 4. The van der Waals surface area contributed by atoms with E-state index in [9.17, 15) is 29.3 Å². The van der Waals surface area contributed by atoms with E-state index in [2.05, 4.69) is 5.32 Å². The van der Waals surface area contributed by atoms with Crippen molar-refractivity contribution in [3.05, 3.63) is 63.7 Å². The molecule has 0 aliphatic carbocycles.